The molecular weight excluding hydrogens is 464 g/mol. The van der Waals surface area contributed by atoms with Crippen LogP contribution in [0.2, 0.25) is 0 Å². The van der Waals surface area contributed by atoms with Crippen molar-refractivity contribution < 1.29 is 9.47 Å². The number of fused-ring (bicyclic) bond motifs is 3. The second kappa shape index (κ2) is 10.2. The van der Waals surface area contributed by atoms with Gasteiger partial charge in [0.05, 0.1) is 25.4 Å². The van der Waals surface area contributed by atoms with E-state index < -0.39 is 0 Å². The number of aryl methyl sites for hydroxylation is 4. The molecule has 7 rings (SSSR count). The molecule has 4 aromatic rings. The van der Waals surface area contributed by atoms with Crippen molar-refractivity contribution in [3.05, 3.63) is 129 Å². The number of epoxide rings is 2. The van der Waals surface area contributed by atoms with Crippen molar-refractivity contribution in [2.75, 3.05) is 13.2 Å². The Balaban J connectivity index is 0.985. The van der Waals surface area contributed by atoms with Gasteiger partial charge >= 0.3 is 0 Å². The van der Waals surface area contributed by atoms with Gasteiger partial charge in [0.15, 0.2) is 0 Å². The lowest BCUT2D eigenvalue weighted by Gasteiger charge is -2.10. The van der Waals surface area contributed by atoms with Crippen LogP contribution in [0.15, 0.2) is 84.9 Å². The maximum absolute atomic E-state index is 5.36. The van der Waals surface area contributed by atoms with Gasteiger partial charge in [0, 0.05) is 18.8 Å². The first kappa shape index (κ1) is 23.9. The predicted molar refractivity (Wildman–Crippen MR) is 154 cm³/mol. The average Bonchev–Trinajstić information content (AvgIpc) is 3.89. The molecule has 192 valence electrons. The molecule has 0 bridgehead atoms. The number of benzene rings is 4. The first-order valence-electron chi connectivity index (χ1n) is 14.3. The maximum Gasteiger partial charge on any atom is 0.0850 e. The Hall–Kier alpha value is -3.20. The molecule has 0 aromatic heterocycles. The van der Waals surface area contributed by atoms with E-state index in [-0.39, 0.29) is 0 Å². The first-order chi connectivity index (χ1) is 18.7. The predicted octanol–water partition coefficient (Wildman–Crippen LogP) is 7.27. The van der Waals surface area contributed by atoms with Crippen LogP contribution in [0.5, 0.6) is 0 Å². The van der Waals surface area contributed by atoms with Crippen molar-refractivity contribution in [2.24, 2.45) is 0 Å². The second-order valence-corrected chi connectivity index (χ2v) is 11.5. The molecule has 0 N–H and O–H groups in total. The molecule has 3 aliphatic rings. The smallest absolute Gasteiger partial charge is 0.0850 e. The van der Waals surface area contributed by atoms with E-state index in [4.69, 9.17) is 9.47 Å². The van der Waals surface area contributed by atoms with Crippen LogP contribution in [0.4, 0.5) is 0 Å². The van der Waals surface area contributed by atoms with Crippen molar-refractivity contribution in [3.8, 4) is 11.1 Å². The van der Waals surface area contributed by atoms with Crippen LogP contribution < -0.4 is 0 Å². The Morgan fingerprint density at radius 2 is 0.842 bits per heavy atom. The van der Waals surface area contributed by atoms with Crippen LogP contribution in [0.1, 0.15) is 57.3 Å². The first-order valence-corrected chi connectivity index (χ1v) is 14.3. The van der Waals surface area contributed by atoms with Crippen LogP contribution in [0, 0.1) is 0 Å². The molecule has 2 aliphatic heterocycles. The van der Waals surface area contributed by atoms with Crippen molar-refractivity contribution in [1.29, 1.82) is 0 Å². The Kier molecular flexibility index (Phi) is 6.39. The third kappa shape index (κ3) is 5.34. The summed E-state index contributed by atoms with van der Waals surface area (Å²) in [5, 5.41) is 0. The number of hydrogen-bond donors (Lipinski definition) is 0. The van der Waals surface area contributed by atoms with E-state index in [1.54, 1.807) is 0 Å². The highest BCUT2D eigenvalue weighted by molar-refractivity contribution is 5.79. The lowest BCUT2D eigenvalue weighted by atomic mass is 9.94. The highest BCUT2D eigenvalue weighted by Crippen LogP contribution is 2.45. The van der Waals surface area contributed by atoms with Gasteiger partial charge in [-0.15, -0.1) is 0 Å². The molecule has 38 heavy (non-hydrogen) atoms. The molecule has 0 saturated carbocycles. The van der Waals surface area contributed by atoms with E-state index in [1.807, 2.05) is 0 Å². The lowest BCUT2D eigenvalue weighted by molar-refractivity contribution is 0.407. The fraction of sp³-hybridized carbons (Fsp3) is 0.333. The molecule has 2 fully saturated rings. The molecule has 2 nitrogen and oxygen atoms in total. The van der Waals surface area contributed by atoms with E-state index in [1.165, 1.54) is 55.6 Å². The Morgan fingerprint density at radius 1 is 0.500 bits per heavy atom. The normalized spacial score (nSPS) is 20.7. The van der Waals surface area contributed by atoms with Crippen LogP contribution in [0.3, 0.4) is 0 Å². The van der Waals surface area contributed by atoms with E-state index in [2.05, 4.69) is 91.9 Å². The number of rotatable bonds is 10. The van der Waals surface area contributed by atoms with Gasteiger partial charge in [0.2, 0.25) is 0 Å². The fourth-order valence-electron chi connectivity index (χ4n) is 6.07. The van der Waals surface area contributed by atoms with Crippen molar-refractivity contribution in [2.45, 2.75) is 63.6 Å². The summed E-state index contributed by atoms with van der Waals surface area (Å²) >= 11 is 0. The van der Waals surface area contributed by atoms with Gasteiger partial charge in [0.25, 0.3) is 0 Å². The monoisotopic (exact) mass is 500 g/mol. The van der Waals surface area contributed by atoms with Crippen LogP contribution >= 0.6 is 0 Å². The van der Waals surface area contributed by atoms with Crippen molar-refractivity contribution in [1.82, 2.24) is 0 Å². The summed E-state index contributed by atoms with van der Waals surface area (Å²) in [7, 11) is 0. The van der Waals surface area contributed by atoms with Gasteiger partial charge in [-0.05, 0) is 81.3 Å². The van der Waals surface area contributed by atoms with Crippen molar-refractivity contribution >= 4 is 0 Å². The van der Waals surface area contributed by atoms with Gasteiger partial charge < -0.3 is 9.47 Å². The van der Waals surface area contributed by atoms with E-state index in [9.17, 15) is 0 Å². The lowest BCUT2D eigenvalue weighted by Crippen LogP contribution is -1.97. The maximum atomic E-state index is 5.36. The molecule has 0 radical (unpaired) electrons. The number of ether oxygens (including phenoxy) is 2. The molecule has 2 heterocycles. The second-order valence-electron chi connectivity index (χ2n) is 11.5. The van der Waals surface area contributed by atoms with Crippen molar-refractivity contribution in [3.63, 3.8) is 0 Å². The third-order valence-electron chi connectivity index (χ3n) is 8.64. The minimum Gasteiger partial charge on any atom is -0.373 e. The molecule has 2 heteroatoms. The highest BCUT2D eigenvalue weighted by Gasteiger charge is 2.26. The van der Waals surface area contributed by atoms with E-state index >= 15 is 0 Å². The molecule has 1 aliphatic carbocycles. The summed E-state index contributed by atoms with van der Waals surface area (Å²) in [6, 6.07) is 32.6. The summed E-state index contributed by atoms with van der Waals surface area (Å²) in [6.07, 6.45) is 7.35. The minimum absolute atomic E-state index is 0.452. The summed E-state index contributed by atoms with van der Waals surface area (Å²) in [5.41, 5.74) is 14.3. The molecular formula is C36H36O2. The summed E-state index contributed by atoms with van der Waals surface area (Å²) in [6.45, 7) is 4.23. The molecule has 2 saturated heterocycles. The fourth-order valence-corrected chi connectivity index (χ4v) is 6.07. The SMILES string of the molecule is CC1c2cc(CCc3ccc(CC4CO4)cc3)ccc2-c2ccc(CCc3ccc(CC4CO4)cc3)cc21. The van der Waals surface area contributed by atoms with E-state index in [0.29, 0.717) is 18.1 Å². The molecule has 0 amide bonds. The minimum atomic E-state index is 0.452. The Bertz CT molecular complexity index is 1310. The topological polar surface area (TPSA) is 25.1 Å². The van der Waals surface area contributed by atoms with Gasteiger partial charge in [0.1, 0.15) is 0 Å². The van der Waals surface area contributed by atoms with E-state index in [0.717, 1.165) is 51.7 Å². The standard InChI is InChI=1S/C36H36O2/c1-24-35-20-29(12-6-25-2-8-27(9-3-25)18-31-22-37-31)14-16-33(35)34-17-15-30(21-36(24)34)13-7-26-4-10-28(11-5-26)19-32-23-38-32/h2-5,8-11,14-17,20-21,24,31-32H,6-7,12-13,18-19,22-23H2,1H3. The Morgan fingerprint density at radius 3 is 1.24 bits per heavy atom. The zero-order chi connectivity index (χ0) is 25.5. The largest absolute Gasteiger partial charge is 0.373 e. The van der Waals surface area contributed by atoms with Crippen LogP contribution in [-0.2, 0) is 48.0 Å². The summed E-state index contributed by atoms with van der Waals surface area (Å²) < 4.78 is 10.7. The summed E-state index contributed by atoms with van der Waals surface area (Å²) in [4.78, 5) is 0. The summed E-state index contributed by atoms with van der Waals surface area (Å²) in [5.74, 6) is 0.452. The third-order valence-corrected chi connectivity index (χ3v) is 8.64. The number of hydrogen-bond acceptors (Lipinski definition) is 2. The Labute approximate surface area is 226 Å². The van der Waals surface area contributed by atoms with Gasteiger partial charge in [-0.1, -0.05) is 91.9 Å². The highest BCUT2D eigenvalue weighted by atomic mass is 16.6. The van der Waals surface area contributed by atoms with Crippen LogP contribution in [0.25, 0.3) is 11.1 Å². The molecule has 2 atom stereocenters. The van der Waals surface area contributed by atoms with Gasteiger partial charge in [-0.2, -0.15) is 0 Å². The van der Waals surface area contributed by atoms with Crippen LogP contribution in [-0.4, -0.2) is 25.4 Å². The molecule has 2 unspecified atom stereocenters. The zero-order valence-corrected chi connectivity index (χ0v) is 22.3. The zero-order valence-electron chi connectivity index (χ0n) is 22.3. The van der Waals surface area contributed by atoms with Gasteiger partial charge in [-0.25, -0.2) is 0 Å². The average molecular weight is 501 g/mol. The molecule has 0 spiro atoms. The molecule has 4 aromatic carbocycles. The quantitative estimate of drug-likeness (QED) is 0.214. The van der Waals surface area contributed by atoms with Gasteiger partial charge in [-0.3, -0.25) is 0 Å².